The lowest BCUT2D eigenvalue weighted by molar-refractivity contribution is 0.0946. The number of amides is 1. The zero-order valence-corrected chi connectivity index (χ0v) is 13.5. The van der Waals surface area contributed by atoms with Gasteiger partial charge in [0.05, 0.1) is 11.9 Å². The van der Waals surface area contributed by atoms with Crippen LogP contribution in [-0.4, -0.2) is 15.9 Å². The predicted molar refractivity (Wildman–Crippen MR) is 94.4 cm³/mol. The monoisotopic (exact) mass is 338 g/mol. The van der Waals surface area contributed by atoms with Crippen LogP contribution in [0.1, 0.15) is 16.1 Å². The largest absolute Gasteiger partial charge is 0.354 e. The lowest BCUT2D eigenvalue weighted by Gasteiger charge is -2.08. The molecule has 0 bridgehead atoms. The number of hydrogen-bond donors (Lipinski definition) is 2. The first kappa shape index (κ1) is 16.0. The SMILES string of the molecule is O=C(NCc1cccnc1)c1ccc(Nc2cccc(Cl)c2)cn1. The van der Waals surface area contributed by atoms with Gasteiger partial charge < -0.3 is 10.6 Å². The van der Waals surface area contributed by atoms with Crippen LogP contribution in [0.25, 0.3) is 0 Å². The Hall–Kier alpha value is -2.92. The minimum atomic E-state index is -0.229. The molecule has 0 aliphatic heterocycles. The third kappa shape index (κ3) is 4.30. The minimum absolute atomic E-state index is 0.229. The fourth-order valence-electron chi connectivity index (χ4n) is 2.11. The van der Waals surface area contributed by atoms with Crippen LogP contribution in [0.4, 0.5) is 11.4 Å². The quantitative estimate of drug-likeness (QED) is 0.742. The molecule has 0 saturated carbocycles. The number of hydrogen-bond acceptors (Lipinski definition) is 4. The molecule has 3 rings (SSSR count). The van der Waals surface area contributed by atoms with E-state index < -0.39 is 0 Å². The molecule has 0 spiro atoms. The van der Waals surface area contributed by atoms with E-state index in [9.17, 15) is 4.79 Å². The maximum Gasteiger partial charge on any atom is 0.270 e. The molecule has 3 aromatic rings. The number of rotatable bonds is 5. The van der Waals surface area contributed by atoms with E-state index in [1.807, 2.05) is 30.3 Å². The van der Waals surface area contributed by atoms with E-state index in [1.54, 1.807) is 36.8 Å². The summed E-state index contributed by atoms with van der Waals surface area (Å²) in [6, 6.07) is 14.6. The standard InChI is InChI=1S/C18H15ClN4O/c19-14-4-1-5-15(9-14)23-16-6-7-17(21-12-16)18(24)22-11-13-3-2-8-20-10-13/h1-10,12,23H,11H2,(H,22,24). The molecule has 5 nitrogen and oxygen atoms in total. The summed E-state index contributed by atoms with van der Waals surface area (Å²) < 4.78 is 0. The van der Waals surface area contributed by atoms with Crippen LogP contribution in [-0.2, 0) is 6.54 Å². The van der Waals surface area contributed by atoms with E-state index in [-0.39, 0.29) is 5.91 Å². The Kier molecular flexibility index (Phi) is 5.03. The van der Waals surface area contributed by atoms with E-state index in [1.165, 1.54) is 0 Å². The lowest BCUT2D eigenvalue weighted by atomic mass is 10.2. The van der Waals surface area contributed by atoms with Crippen molar-refractivity contribution >= 4 is 28.9 Å². The van der Waals surface area contributed by atoms with Gasteiger partial charge in [0.15, 0.2) is 0 Å². The van der Waals surface area contributed by atoms with Crippen molar-refractivity contribution in [1.29, 1.82) is 0 Å². The maximum atomic E-state index is 12.1. The van der Waals surface area contributed by atoms with Crippen molar-refractivity contribution in [2.75, 3.05) is 5.32 Å². The Balaban J connectivity index is 1.60. The number of anilines is 2. The summed E-state index contributed by atoms with van der Waals surface area (Å²) in [5.74, 6) is -0.229. The topological polar surface area (TPSA) is 66.9 Å². The molecular formula is C18H15ClN4O. The molecule has 2 heterocycles. The Labute approximate surface area is 144 Å². The number of nitrogens with zero attached hydrogens (tertiary/aromatic N) is 2. The fourth-order valence-corrected chi connectivity index (χ4v) is 2.30. The Morgan fingerprint density at radius 2 is 1.96 bits per heavy atom. The molecule has 6 heteroatoms. The van der Waals surface area contributed by atoms with Gasteiger partial charge in [-0.1, -0.05) is 23.7 Å². The molecule has 0 saturated heterocycles. The second-order valence-corrected chi connectivity index (χ2v) is 5.55. The Morgan fingerprint density at radius 3 is 2.67 bits per heavy atom. The maximum absolute atomic E-state index is 12.1. The second kappa shape index (κ2) is 7.57. The smallest absolute Gasteiger partial charge is 0.270 e. The van der Waals surface area contributed by atoms with Gasteiger partial charge in [0.2, 0.25) is 0 Å². The van der Waals surface area contributed by atoms with Crippen molar-refractivity contribution in [2.45, 2.75) is 6.54 Å². The summed E-state index contributed by atoms with van der Waals surface area (Å²) in [6.07, 6.45) is 5.02. The minimum Gasteiger partial charge on any atom is -0.354 e. The van der Waals surface area contributed by atoms with Crippen LogP contribution >= 0.6 is 11.6 Å². The molecule has 24 heavy (non-hydrogen) atoms. The number of carbonyl (C=O) groups excluding carboxylic acids is 1. The molecular weight excluding hydrogens is 324 g/mol. The van der Waals surface area contributed by atoms with Crippen molar-refractivity contribution in [3.8, 4) is 0 Å². The van der Waals surface area contributed by atoms with Crippen LogP contribution in [0.2, 0.25) is 5.02 Å². The molecule has 0 aliphatic rings. The molecule has 120 valence electrons. The van der Waals surface area contributed by atoms with Gasteiger partial charge in [0.1, 0.15) is 5.69 Å². The molecule has 2 aromatic heterocycles. The van der Waals surface area contributed by atoms with Crippen molar-refractivity contribution in [2.24, 2.45) is 0 Å². The summed E-state index contributed by atoms with van der Waals surface area (Å²) in [4.78, 5) is 20.3. The highest BCUT2D eigenvalue weighted by Gasteiger charge is 2.07. The van der Waals surface area contributed by atoms with Gasteiger partial charge in [0, 0.05) is 29.6 Å². The van der Waals surface area contributed by atoms with Crippen molar-refractivity contribution in [1.82, 2.24) is 15.3 Å². The van der Waals surface area contributed by atoms with Gasteiger partial charge >= 0.3 is 0 Å². The average molecular weight is 339 g/mol. The van der Waals surface area contributed by atoms with E-state index >= 15 is 0 Å². The van der Waals surface area contributed by atoms with Crippen molar-refractivity contribution < 1.29 is 4.79 Å². The van der Waals surface area contributed by atoms with Gasteiger partial charge in [-0.2, -0.15) is 0 Å². The molecule has 1 aromatic carbocycles. The fraction of sp³-hybridized carbons (Fsp3) is 0.0556. The summed E-state index contributed by atoms with van der Waals surface area (Å²) in [7, 11) is 0. The van der Waals surface area contributed by atoms with Gasteiger partial charge in [-0.3, -0.25) is 9.78 Å². The van der Waals surface area contributed by atoms with Crippen LogP contribution < -0.4 is 10.6 Å². The van der Waals surface area contributed by atoms with Gasteiger partial charge in [-0.05, 0) is 42.0 Å². The van der Waals surface area contributed by atoms with Crippen LogP contribution in [0.3, 0.4) is 0 Å². The molecule has 1 amide bonds. The molecule has 2 N–H and O–H groups in total. The zero-order chi connectivity index (χ0) is 16.8. The summed E-state index contributed by atoms with van der Waals surface area (Å²) in [5, 5.41) is 6.65. The Morgan fingerprint density at radius 1 is 1.04 bits per heavy atom. The molecule has 0 radical (unpaired) electrons. The van der Waals surface area contributed by atoms with Crippen LogP contribution in [0.15, 0.2) is 67.1 Å². The number of halogens is 1. The number of aromatic nitrogens is 2. The Bertz CT molecular complexity index is 822. The van der Waals surface area contributed by atoms with Crippen LogP contribution in [0, 0.1) is 0 Å². The molecule has 0 aliphatic carbocycles. The number of benzene rings is 1. The third-order valence-electron chi connectivity index (χ3n) is 3.29. The van der Waals surface area contributed by atoms with Crippen molar-refractivity contribution in [3.05, 3.63) is 83.4 Å². The van der Waals surface area contributed by atoms with Crippen molar-refractivity contribution in [3.63, 3.8) is 0 Å². The van der Waals surface area contributed by atoms with E-state index in [4.69, 9.17) is 11.6 Å². The normalized spacial score (nSPS) is 10.2. The van der Waals surface area contributed by atoms with Gasteiger partial charge in [-0.15, -0.1) is 0 Å². The summed E-state index contributed by atoms with van der Waals surface area (Å²) in [6.45, 7) is 0.414. The molecule has 0 atom stereocenters. The summed E-state index contributed by atoms with van der Waals surface area (Å²) >= 11 is 5.95. The predicted octanol–water partition coefficient (Wildman–Crippen LogP) is 3.80. The van der Waals surface area contributed by atoms with Gasteiger partial charge in [-0.25, -0.2) is 4.98 Å². The highest BCUT2D eigenvalue weighted by Crippen LogP contribution is 2.19. The van der Waals surface area contributed by atoms with Crippen LogP contribution in [0.5, 0.6) is 0 Å². The van der Waals surface area contributed by atoms with E-state index in [2.05, 4.69) is 20.6 Å². The lowest BCUT2D eigenvalue weighted by Crippen LogP contribution is -2.23. The zero-order valence-electron chi connectivity index (χ0n) is 12.7. The highest BCUT2D eigenvalue weighted by molar-refractivity contribution is 6.30. The first-order valence-corrected chi connectivity index (χ1v) is 7.74. The van der Waals surface area contributed by atoms with E-state index in [0.717, 1.165) is 16.9 Å². The second-order valence-electron chi connectivity index (χ2n) is 5.11. The third-order valence-corrected chi connectivity index (χ3v) is 3.52. The number of nitrogens with one attached hydrogen (secondary N) is 2. The highest BCUT2D eigenvalue weighted by atomic mass is 35.5. The molecule has 0 fully saturated rings. The average Bonchev–Trinajstić information content (AvgIpc) is 2.61. The first-order valence-electron chi connectivity index (χ1n) is 7.36. The molecule has 0 unspecified atom stereocenters. The summed E-state index contributed by atoms with van der Waals surface area (Å²) in [5.41, 5.74) is 2.93. The van der Waals surface area contributed by atoms with E-state index in [0.29, 0.717) is 17.3 Å². The number of pyridine rings is 2. The first-order chi connectivity index (χ1) is 11.7. The van der Waals surface area contributed by atoms with Gasteiger partial charge in [0.25, 0.3) is 5.91 Å². The number of carbonyl (C=O) groups is 1.